The summed E-state index contributed by atoms with van der Waals surface area (Å²) in [6, 6.07) is 21.0. The normalized spacial score (nSPS) is 20.1. The molecule has 2 aliphatic rings. The van der Waals surface area contributed by atoms with E-state index >= 15 is 0 Å². The number of rotatable bonds is 7. The molecule has 5 rings (SSSR count). The molecule has 3 aromatic carbocycles. The Kier molecular flexibility index (Phi) is 7.72. The number of fused-ring (bicyclic) bond motifs is 2. The number of carbonyl (C=O) groups is 3. The summed E-state index contributed by atoms with van der Waals surface area (Å²) in [5.74, 6) is 0.594. The Morgan fingerprint density at radius 1 is 1.05 bits per heavy atom. The Balaban J connectivity index is 1.41. The highest BCUT2D eigenvalue weighted by molar-refractivity contribution is 5.92. The molecule has 0 aliphatic carbocycles. The first kappa shape index (κ1) is 26.5. The third-order valence-corrected chi connectivity index (χ3v) is 8.07. The number of hydrogen-bond acceptors (Lipinski definition) is 4. The minimum Gasteiger partial charge on any atom is -0.497 e. The van der Waals surface area contributed by atoms with Gasteiger partial charge in [-0.3, -0.25) is 9.59 Å². The third kappa shape index (κ3) is 5.28. The number of nitrogens with zero attached hydrogens (tertiary/aromatic N) is 3. The van der Waals surface area contributed by atoms with Crippen LogP contribution in [-0.4, -0.2) is 65.0 Å². The van der Waals surface area contributed by atoms with Crippen LogP contribution in [0.4, 0.5) is 4.79 Å². The van der Waals surface area contributed by atoms with Crippen molar-refractivity contribution in [2.75, 3.05) is 20.2 Å². The molecule has 3 aromatic rings. The average Bonchev–Trinajstić information content (AvgIpc) is 2.97. The second-order valence-electron chi connectivity index (χ2n) is 10.4. The number of carbonyl (C=O) groups excluding carboxylic acids is 3. The van der Waals surface area contributed by atoms with E-state index < -0.39 is 12.2 Å². The lowest BCUT2D eigenvalue weighted by Gasteiger charge is -2.53. The second kappa shape index (κ2) is 11.4. The molecule has 39 heavy (non-hydrogen) atoms. The lowest BCUT2D eigenvalue weighted by atomic mass is 9.91. The van der Waals surface area contributed by atoms with Gasteiger partial charge in [-0.05, 0) is 39.9 Å². The van der Waals surface area contributed by atoms with Crippen LogP contribution in [0.2, 0.25) is 0 Å². The van der Waals surface area contributed by atoms with Crippen molar-refractivity contribution >= 4 is 28.6 Å². The quantitative estimate of drug-likeness (QED) is 0.494. The van der Waals surface area contributed by atoms with Gasteiger partial charge in [0.15, 0.2) is 0 Å². The van der Waals surface area contributed by atoms with Gasteiger partial charge < -0.3 is 24.8 Å². The van der Waals surface area contributed by atoms with Crippen molar-refractivity contribution in [3.8, 4) is 5.75 Å². The minimum absolute atomic E-state index is 0.0402. The lowest BCUT2D eigenvalue weighted by Crippen LogP contribution is -2.72. The zero-order valence-electron chi connectivity index (χ0n) is 22.8. The number of amides is 4. The topological polar surface area (TPSA) is 82.2 Å². The van der Waals surface area contributed by atoms with Gasteiger partial charge in [-0.2, -0.15) is 0 Å². The maximum Gasteiger partial charge on any atom is 0.319 e. The average molecular weight is 529 g/mol. The summed E-state index contributed by atoms with van der Waals surface area (Å²) in [6.45, 7) is 5.41. The molecule has 2 saturated heterocycles. The second-order valence-corrected chi connectivity index (χ2v) is 10.4. The van der Waals surface area contributed by atoms with Crippen molar-refractivity contribution in [3.63, 3.8) is 0 Å². The van der Waals surface area contributed by atoms with Gasteiger partial charge in [-0.15, -0.1) is 0 Å². The SMILES string of the molecule is CC[C@H](C)[C@H]1C(=O)N(Cc2cccc3ccccc23)C[C@@H]2N(C(=O)NCc3ccc(OC)cc3)CCC(=O)N12. The van der Waals surface area contributed by atoms with Crippen molar-refractivity contribution in [1.29, 1.82) is 0 Å². The molecule has 1 N–H and O–H groups in total. The smallest absolute Gasteiger partial charge is 0.319 e. The van der Waals surface area contributed by atoms with Crippen LogP contribution >= 0.6 is 0 Å². The lowest BCUT2D eigenvalue weighted by molar-refractivity contribution is -0.170. The van der Waals surface area contributed by atoms with Gasteiger partial charge in [0, 0.05) is 26.1 Å². The molecule has 8 heteroatoms. The van der Waals surface area contributed by atoms with E-state index in [2.05, 4.69) is 23.5 Å². The van der Waals surface area contributed by atoms with Crippen molar-refractivity contribution in [3.05, 3.63) is 77.9 Å². The van der Waals surface area contributed by atoms with E-state index in [4.69, 9.17) is 4.74 Å². The Bertz CT molecular complexity index is 1350. The molecule has 0 saturated carbocycles. The van der Waals surface area contributed by atoms with E-state index in [-0.39, 0.29) is 36.7 Å². The molecule has 4 amide bonds. The summed E-state index contributed by atoms with van der Waals surface area (Å²) < 4.78 is 5.22. The van der Waals surface area contributed by atoms with E-state index in [1.54, 1.807) is 16.9 Å². The Labute approximate surface area is 229 Å². The molecule has 204 valence electrons. The van der Waals surface area contributed by atoms with Gasteiger partial charge in [0.1, 0.15) is 18.0 Å². The zero-order valence-corrected chi connectivity index (χ0v) is 22.8. The van der Waals surface area contributed by atoms with E-state index in [0.29, 0.717) is 19.6 Å². The highest BCUT2D eigenvalue weighted by Gasteiger charge is 2.50. The van der Waals surface area contributed by atoms with E-state index in [1.807, 2.05) is 67.3 Å². The first-order valence-corrected chi connectivity index (χ1v) is 13.6. The molecule has 8 nitrogen and oxygen atoms in total. The van der Waals surface area contributed by atoms with Crippen LogP contribution in [0.5, 0.6) is 5.75 Å². The molecule has 2 heterocycles. The van der Waals surface area contributed by atoms with Crippen LogP contribution in [0.3, 0.4) is 0 Å². The van der Waals surface area contributed by atoms with Gasteiger partial charge in [0.2, 0.25) is 11.8 Å². The molecule has 0 unspecified atom stereocenters. The van der Waals surface area contributed by atoms with E-state index in [1.165, 1.54) is 0 Å². The maximum atomic E-state index is 13.9. The van der Waals surface area contributed by atoms with E-state index in [9.17, 15) is 14.4 Å². The van der Waals surface area contributed by atoms with Crippen LogP contribution in [-0.2, 0) is 22.7 Å². The van der Waals surface area contributed by atoms with Crippen molar-refractivity contribution in [2.24, 2.45) is 5.92 Å². The van der Waals surface area contributed by atoms with Crippen molar-refractivity contribution in [1.82, 2.24) is 20.0 Å². The van der Waals surface area contributed by atoms with Gasteiger partial charge in [0.25, 0.3) is 0 Å². The third-order valence-electron chi connectivity index (χ3n) is 8.07. The van der Waals surface area contributed by atoms with Gasteiger partial charge in [-0.1, -0.05) is 74.9 Å². The van der Waals surface area contributed by atoms with Crippen LogP contribution < -0.4 is 10.1 Å². The number of methoxy groups -OCH3 is 1. The molecular formula is C31H36N4O4. The van der Waals surface area contributed by atoms with Crippen LogP contribution in [0, 0.1) is 5.92 Å². The maximum absolute atomic E-state index is 13.9. The van der Waals surface area contributed by atoms with Crippen LogP contribution in [0.25, 0.3) is 10.8 Å². The summed E-state index contributed by atoms with van der Waals surface area (Å²) in [5, 5.41) is 5.24. The first-order chi connectivity index (χ1) is 18.9. The molecule has 2 aliphatic heterocycles. The number of benzene rings is 3. The monoisotopic (exact) mass is 528 g/mol. The largest absolute Gasteiger partial charge is 0.497 e. The summed E-state index contributed by atoms with van der Waals surface area (Å²) >= 11 is 0. The molecule has 3 atom stereocenters. The van der Waals surface area contributed by atoms with Crippen molar-refractivity contribution < 1.29 is 19.1 Å². The van der Waals surface area contributed by atoms with Crippen LogP contribution in [0.1, 0.15) is 37.8 Å². The molecule has 0 radical (unpaired) electrons. The van der Waals surface area contributed by atoms with Gasteiger partial charge in [0.05, 0.1) is 13.7 Å². The Morgan fingerprint density at radius 3 is 2.54 bits per heavy atom. The predicted octanol–water partition coefficient (Wildman–Crippen LogP) is 4.38. The summed E-state index contributed by atoms with van der Waals surface area (Å²) in [7, 11) is 1.62. The number of hydrogen-bond donors (Lipinski definition) is 1. The number of urea groups is 1. The first-order valence-electron chi connectivity index (χ1n) is 13.6. The molecule has 0 bridgehead atoms. The number of ether oxygens (including phenoxy) is 1. The standard InChI is InChI=1S/C31H36N4O4/c1-4-21(2)29-30(37)33(19-24-10-7-9-23-8-5-6-11-26(23)24)20-27-34(17-16-28(36)35(27)29)31(38)32-18-22-12-14-25(39-3)15-13-22/h5-15,21,27,29H,4,16-20H2,1-3H3,(H,32,38)/t21-,27+,29-/m0/s1. The summed E-state index contributed by atoms with van der Waals surface area (Å²) in [6.07, 6.45) is 0.433. The highest BCUT2D eigenvalue weighted by atomic mass is 16.5. The van der Waals surface area contributed by atoms with E-state index in [0.717, 1.165) is 34.1 Å². The molecular weight excluding hydrogens is 492 g/mol. The highest BCUT2D eigenvalue weighted by Crippen LogP contribution is 2.32. The number of nitrogens with one attached hydrogen (secondary N) is 1. The van der Waals surface area contributed by atoms with Gasteiger partial charge in [-0.25, -0.2) is 4.79 Å². The van der Waals surface area contributed by atoms with Crippen LogP contribution in [0.15, 0.2) is 66.7 Å². The Morgan fingerprint density at radius 2 is 1.79 bits per heavy atom. The number of piperazine rings is 1. The summed E-state index contributed by atoms with van der Waals surface area (Å²) in [5.41, 5.74) is 2.00. The fourth-order valence-electron chi connectivity index (χ4n) is 5.71. The molecule has 2 fully saturated rings. The molecule has 0 spiro atoms. The minimum atomic E-state index is -0.603. The predicted molar refractivity (Wildman–Crippen MR) is 150 cm³/mol. The van der Waals surface area contributed by atoms with Gasteiger partial charge >= 0.3 is 6.03 Å². The molecule has 0 aromatic heterocycles. The van der Waals surface area contributed by atoms with Crippen molar-refractivity contribution in [2.45, 2.75) is 52.0 Å². The Hall–Kier alpha value is -4.07. The zero-order chi connectivity index (χ0) is 27.5. The summed E-state index contributed by atoms with van der Waals surface area (Å²) in [4.78, 5) is 45.9. The fraction of sp³-hybridized carbons (Fsp3) is 0.387. The fourth-order valence-corrected chi connectivity index (χ4v) is 5.71.